The van der Waals surface area contributed by atoms with Gasteiger partial charge in [-0.3, -0.25) is 0 Å². The lowest BCUT2D eigenvalue weighted by Crippen LogP contribution is -2.23. The molecule has 5 heteroatoms. The summed E-state index contributed by atoms with van der Waals surface area (Å²) in [7, 11) is 15.8. The largest absolute Gasteiger partial charge is 0.0604 e. The molecular formula is C5H12B5. The molecule has 0 spiro atoms. The molecule has 0 N–H and O–H groups in total. The molecule has 0 atom stereocenters. The standard InChI is InChI=1S/C5H12.B5/c1-5(2,3)4;1-4-5(2)3/h1-4H3;. The van der Waals surface area contributed by atoms with E-state index in [0.717, 1.165) is 0 Å². The molecule has 0 aromatic carbocycles. The van der Waals surface area contributed by atoms with Gasteiger partial charge < -0.3 is 0 Å². The first kappa shape index (κ1) is 13.0. The predicted octanol–water partition coefficient (Wildman–Crippen LogP) is 0.148. The van der Waals surface area contributed by atoms with Crippen molar-refractivity contribution in [1.82, 2.24) is 0 Å². The van der Waals surface area contributed by atoms with Gasteiger partial charge in [-0.05, 0) is 5.41 Å². The van der Waals surface area contributed by atoms with Crippen LogP contribution in [0.1, 0.15) is 27.7 Å². The van der Waals surface area contributed by atoms with Gasteiger partial charge in [0, 0.05) is 36.7 Å². The molecule has 0 unspecified atom stereocenters. The second-order valence-corrected chi connectivity index (χ2v) is 3.77. The first-order valence-electron chi connectivity index (χ1n) is 3.33. The minimum atomic E-state index is -0.463. The molecule has 0 bridgehead atoms. The number of rotatable bonds is 1. The SMILES string of the molecule is CC(C)(C)C.[B][B]B([B])[B]. The number of hydrogen-bond donors (Lipinski definition) is 0. The van der Waals surface area contributed by atoms with E-state index in [2.05, 4.69) is 27.7 Å². The van der Waals surface area contributed by atoms with Crippen LogP contribution in [0.4, 0.5) is 0 Å². The molecular weight excluding hydrogens is 114 g/mol. The summed E-state index contributed by atoms with van der Waals surface area (Å²) in [4.78, 5) is 0. The highest BCUT2D eigenvalue weighted by Crippen LogP contribution is 2.07. The first-order valence-corrected chi connectivity index (χ1v) is 3.33. The molecule has 7 radical (unpaired) electrons. The highest BCUT2D eigenvalue weighted by Gasteiger charge is 1.95. The van der Waals surface area contributed by atoms with E-state index in [0.29, 0.717) is 5.41 Å². The summed E-state index contributed by atoms with van der Waals surface area (Å²) >= 11 is 0. The van der Waals surface area contributed by atoms with Gasteiger partial charge in [-0.2, -0.15) is 0 Å². The Morgan fingerprint density at radius 2 is 1.20 bits per heavy atom. The summed E-state index contributed by atoms with van der Waals surface area (Å²) in [6, 6.07) is 0. The minimum Gasteiger partial charge on any atom is -0.0604 e. The maximum absolute atomic E-state index is 4.89. The van der Waals surface area contributed by atoms with E-state index in [-0.39, 0.29) is 0 Å². The van der Waals surface area contributed by atoms with Crippen LogP contribution < -0.4 is 0 Å². The lowest BCUT2D eigenvalue weighted by atomic mass is 8.97. The average Bonchev–Trinajstić information content (AvgIpc) is 1.61. The van der Waals surface area contributed by atoms with E-state index in [9.17, 15) is 0 Å². The first-order chi connectivity index (χ1) is 4.27. The Balaban J connectivity index is 0. The molecule has 0 heterocycles. The van der Waals surface area contributed by atoms with Crippen LogP contribution in [0.3, 0.4) is 0 Å². The highest BCUT2D eigenvalue weighted by atomic mass is 14.0. The molecule has 0 fully saturated rings. The van der Waals surface area contributed by atoms with Crippen LogP contribution in [-0.4, -0.2) is 36.7 Å². The van der Waals surface area contributed by atoms with Gasteiger partial charge in [0.15, 0.2) is 0 Å². The van der Waals surface area contributed by atoms with Crippen LogP contribution in [0.5, 0.6) is 0 Å². The summed E-state index contributed by atoms with van der Waals surface area (Å²) in [6.45, 7) is 8.75. The van der Waals surface area contributed by atoms with E-state index in [1.807, 2.05) is 0 Å². The third kappa shape index (κ3) is 82.6. The normalized spacial score (nSPS) is 9.20. The van der Waals surface area contributed by atoms with Gasteiger partial charge in [0.05, 0.1) is 0 Å². The van der Waals surface area contributed by atoms with Crippen LogP contribution >= 0.6 is 0 Å². The van der Waals surface area contributed by atoms with Gasteiger partial charge in [0.25, 0.3) is 0 Å². The molecule has 0 aromatic rings. The quantitative estimate of drug-likeness (QED) is 0.439. The van der Waals surface area contributed by atoms with Crippen LogP contribution in [0.15, 0.2) is 0 Å². The smallest absolute Gasteiger partial charge is 0 e. The maximum atomic E-state index is 4.89. The van der Waals surface area contributed by atoms with Gasteiger partial charge in [-0.1, -0.05) is 27.7 Å². The van der Waals surface area contributed by atoms with E-state index < -0.39 is 6.39 Å². The molecule has 0 aromatic heterocycles. The van der Waals surface area contributed by atoms with Crippen LogP contribution in [0.2, 0.25) is 0 Å². The third-order valence-corrected chi connectivity index (χ3v) is 0.222. The molecule has 0 aliphatic carbocycles. The zero-order valence-corrected chi connectivity index (χ0v) is 7.39. The van der Waals surface area contributed by atoms with Crippen molar-refractivity contribution < 1.29 is 0 Å². The molecule has 0 saturated carbocycles. The van der Waals surface area contributed by atoms with E-state index in [1.165, 1.54) is 7.06 Å². The predicted molar refractivity (Wildman–Crippen MR) is 53.9 cm³/mol. The van der Waals surface area contributed by atoms with Gasteiger partial charge in [-0.25, -0.2) is 0 Å². The fraction of sp³-hybridized carbons (Fsp3) is 1.00. The highest BCUT2D eigenvalue weighted by molar-refractivity contribution is 7.60. The average molecular weight is 126 g/mol. The Bertz CT molecular complexity index is 58.9. The Hall–Kier alpha value is 0.325. The van der Waals surface area contributed by atoms with Crippen molar-refractivity contribution in [2.45, 2.75) is 27.7 Å². The molecule has 0 rings (SSSR count). The summed E-state index contributed by atoms with van der Waals surface area (Å²) in [5.74, 6) is 0. The topological polar surface area (TPSA) is 0 Å². The molecule has 0 aliphatic rings. The summed E-state index contributed by atoms with van der Waals surface area (Å²) < 4.78 is 0. The van der Waals surface area contributed by atoms with Crippen molar-refractivity contribution in [2.75, 3.05) is 0 Å². The maximum Gasteiger partial charge on any atom is 0 e. The van der Waals surface area contributed by atoms with Crippen molar-refractivity contribution in [2.24, 2.45) is 5.41 Å². The van der Waals surface area contributed by atoms with Gasteiger partial charge >= 0.3 is 0 Å². The van der Waals surface area contributed by atoms with E-state index in [1.54, 1.807) is 0 Å². The Morgan fingerprint density at radius 1 is 1.10 bits per heavy atom. The molecule has 0 aliphatic heterocycles. The zero-order valence-electron chi connectivity index (χ0n) is 7.39. The fourth-order valence-corrected chi connectivity index (χ4v) is 0. The van der Waals surface area contributed by atoms with Crippen molar-refractivity contribution >= 4 is 36.7 Å². The van der Waals surface area contributed by atoms with Crippen molar-refractivity contribution in [3.05, 3.63) is 0 Å². The summed E-state index contributed by atoms with van der Waals surface area (Å²) in [5.41, 5.74) is 0.500. The Labute approximate surface area is 70.4 Å². The van der Waals surface area contributed by atoms with Crippen LogP contribution in [-0.2, 0) is 0 Å². The molecule has 47 valence electrons. The number of hydrogen-bond acceptors (Lipinski definition) is 0. The zero-order chi connectivity index (χ0) is 8.78. The summed E-state index contributed by atoms with van der Waals surface area (Å²) in [6.07, 6.45) is -0.463. The Kier molecular flexibility index (Phi) is 7.85. The van der Waals surface area contributed by atoms with Crippen LogP contribution in [0, 0.1) is 5.41 Å². The van der Waals surface area contributed by atoms with E-state index in [4.69, 9.17) is 23.2 Å². The second-order valence-electron chi connectivity index (χ2n) is 3.77. The molecule has 0 amide bonds. The van der Waals surface area contributed by atoms with Crippen molar-refractivity contribution in [3.63, 3.8) is 0 Å². The molecule has 0 saturated heterocycles. The lowest BCUT2D eigenvalue weighted by molar-refractivity contribution is 0.469. The monoisotopic (exact) mass is 127 g/mol. The molecule has 10 heavy (non-hydrogen) atoms. The van der Waals surface area contributed by atoms with E-state index >= 15 is 0 Å². The van der Waals surface area contributed by atoms with Gasteiger partial charge in [0.1, 0.15) is 0 Å². The second kappa shape index (κ2) is 6.06. The van der Waals surface area contributed by atoms with Gasteiger partial charge in [0.2, 0.25) is 0 Å². The minimum absolute atomic E-state index is 0.463. The van der Waals surface area contributed by atoms with Crippen molar-refractivity contribution in [1.29, 1.82) is 0 Å². The van der Waals surface area contributed by atoms with Crippen molar-refractivity contribution in [3.8, 4) is 0 Å². The van der Waals surface area contributed by atoms with Crippen LogP contribution in [0.25, 0.3) is 0 Å². The molecule has 0 nitrogen and oxygen atoms in total. The fourth-order valence-electron chi connectivity index (χ4n) is 0. The summed E-state index contributed by atoms with van der Waals surface area (Å²) in [5, 5.41) is 0. The third-order valence-electron chi connectivity index (χ3n) is 0.222. The van der Waals surface area contributed by atoms with Gasteiger partial charge in [-0.15, -0.1) is 0 Å². The Morgan fingerprint density at radius 3 is 1.20 bits per heavy atom. The lowest BCUT2D eigenvalue weighted by Gasteiger charge is -2.05.